The van der Waals surface area contributed by atoms with Crippen molar-refractivity contribution in [3.63, 3.8) is 0 Å². The number of rotatable bonds is 2. The molecule has 0 radical (unpaired) electrons. The largest absolute Gasteiger partial charge is 0.485 e. The van der Waals surface area contributed by atoms with Crippen molar-refractivity contribution in [2.24, 2.45) is 0 Å². The zero-order chi connectivity index (χ0) is 13.1. The number of hydrogen-bond donors (Lipinski definition) is 2. The highest BCUT2D eigenvalue weighted by atomic mass is 16.6. The summed E-state index contributed by atoms with van der Waals surface area (Å²) in [6, 6.07) is 7.61. The summed E-state index contributed by atoms with van der Waals surface area (Å²) < 4.78 is 11.2. The van der Waals surface area contributed by atoms with Gasteiger partial charge in [0.25, 0.3) is 5.91 Å². The van der Waals surface area contributed by atoms with Crippen LogP contribution in [0.4, 0.5) is 0 Å². The fourth-order valence-corrected chi connectivity index (χ4v) is 2.42. The minimum Gasteiger partial charge on any atom is -0.485 e. The molecule has 0 spiro atoms. The molecule has 5 heteroatoms. The van der Waals surface area contributed by atoms with Crippen molar-refractivity contribution in [3.05, 3.63) is 24.3 Å². The number of benzene rings is 1. The Bertz CT molecular complexity index is 458. The van der Waals surface area contributed by atoms with Crippen LogP contribution < -0.4 is 20.1 Å². The van der Waals surface area contributed by atoms with Gasteiger partial charge in [0.05, 0.1) is 0 Å². The third kappa shape index (κ3) is 2.81. The van der Waals surface area contributed by atoms with Gasteiger partial charge in [0, 0.05) is 12.6 Å². The van der Waals surface area contributed by atoms with Crippen LogP contribution in [0.5, 0.6) is 11.5 Å². The molecule has 0 saturated carbocycles. The van der Waals surface area contributed by atoms with Crippen LogP contribution in [0.25, 0.3) is 0 Å². The van der Waals surface area contributed by atoms with E-state index in [1.807, 2.05) is 24.3 Å². The van der Waals surface area contributed by atoms with Gasteiger partial charge >= 0.3 is 0 Å². The van der Waals surface area contributed by atoms with Gasteiger partial charge < -0.3 is 20.1 Å². The smallest absolute Gasteiger partial charge is 0.264 e. The summed E-state index contributed by atoms with van der Waals surface area (Å²) in [5.74, 6) is 1.24. The van der Waals surface area contributed by atoms with Crippen molar-refractivity contribution >= 4 is 5.91 Å². The van der Waals surface area contributed by atoms with E-state index in [2.05, 4.69) is 10.6 Å². The molecule has 1 fully saturated rings. The van der Waals surface area contributed by atoms with Gasteiger partial charge in [-0.25, -0.2) is 0 Å². The van der Waals surface area contributed by atoms with Crippen molar-refractivity contribution in [1.82, 2.24) is 10.6 Å². The third-order valence-corrected chi connectivity index (χ3v) is 3.44. The Labute approximate surface area is 112 Å². The highest BCUT2D eigenvalue weighted by molar-refractivity contribution is 5.82. The molecule has 1 saturated heterocycles. The molecular formula is C14H18N2O3. The van der Waals surface area contributed by atoms with Gasteiger partial charge in [-0.3, -0.25) is 4.79 Å². The van der Waals surface area contributed by atoms with Gasteiger partial charge in [0.2, 0.25) is 6.10 Å². The number of amides is 1. The first-order valence-corrected chi connectivity index (χ1v) is 6.72. The fraction of sp³-hybridized carbons (Fsp3) is 0.500. The van der Waals surface area contributed by atoms with E-state index in [4.69, 9.17) is 9.47 Å². The molecule has 2 atom stereocenters. The number of ether oxygens (including phenoxy) is 2. The second kappa shape index (κ2) is 5.48. The highest BCUT2D eigenvalue weighted by Gasteiger charge is 2.28. The predicted octanol–water partition coefficient (Wildman–Crippen LogP) is 0.695. The second-order valence-corrected chi connectivity index (χ2v) is 4.92. The monoisotopic (exact) mass is 262 g/mol. The molecule has 1 aromatic rings. The van der Waals surface area contributed by atoms with Gasteiger partial charge in [-0.2, -0.15) is 0 Å². The van der Waals surface area contributed by atoms with Crippen LogP contribution in [-0.2, 0) is 4.79 Å². The average molecular weight is 262 g/mol. The van der Waals surface area contributed by atoms with Crippen molar-refractivity contribution in [3.8, 4) is 11.5 Å². The lowest BCUT2D eigenvalue weighted by Gasteiger charge is -2.29. The number of para-hydroxylation sites is 2. The van der Waals surface area contributed by atoms with E-state index in [-0.39, 0.29) is 18.6 Å². The first kappa shape index (κ1) is 12.3. The molecule has 1 aromatic carbocycles. The highest BCUT2D eigenvalue weighted by Crippen LogP contribution is 2.30. The minimum atomic E-state index is -0.558. The van der Waals surface area contributed by atoms with Gasteiger partial charge in [-0.15, -0.1) is 0 Å². The van der Waals surface area contributed by atoms with Gasteiger partial charge in [-0.1, -0.05) is 12.1 Å². The minimum absolute atomic E-state index is 0.0943. The summed E-state index contributed by atoms with van der Waals surface area (Å²) in [5.41, 5.74) is 0. The lowest BCUT2D eigenvalue weighted by Crippen LogP contribution is -2.51. The van der Waals surface area contributed by atoms with E-state index < -0.39 is 6.10 Å². The number of piperidine rings is 1. The van der Waals surface area contributed by atoms with Crippen LogP contribution >= 0.6 is 0 Å². The molecule has 1 amide bonds. The summed E-state index contributed by atoms with van der Waals surface area (Å²) >= 11 is 0. The Balaban J connectivity index is 1.59. The summed E-state index contributed by atoms with van der Waals surface area (Å²) in [6.07, 6.45) is 1.55. The van der Waals surface area contributed by atoms with E-state index in [0.717, 1.165) is 25.9 Å². The molecular weight excluding hydrogens is 244 g/mol. The zero-order valence-corrected chi connectivity index (χ0v) is 10.7. The predicted molar refractivity (Wildman–Crippen MR) is 70.4 cm³/mol. The SMILES string of the molecule is O=C(N[C@H]1CCCNC1)C1COc2ccccc2O1. The Morgan fingerprint density at radius 2 is 2.16 bits per heavy atom. The van der Waals surface area contributed by atoms with Crippen LogP contribution in [-0.4, -0.2) is 37.7 Å². The lowest BCUT2D eigenvalue weighted by molar-refractivity contribution is -0.131. The maximum atomic E-state index is 12.1. The molecule has 2 aliphatic heterocycles. The van der Waals surface area contributed by atoms with E-state index in [0.29, 0.717) is 11.5 Å². The molecule has 2 aliphatic rings. The number of carbonyl (C=O) groups is 1. The zero-order valence-electron chi connectivity index (χ0n) is 10.7. The summed E-state index contributed by atoms with van der Waals surface area (Å²) in [6.45, 7) is 2.13. The van der Waals surface area contributed by atoms with Crippen LogP contribution in [0.2, 0.25) is 0 Å². The maximum Gasteiger partial charge on any atom is 0.264 e. The Hall–Kier alpha value is -1.75. The standard InChI is InChI=1S/C14H18N2O3/c17-14(16-10-4-3-7-15-8-10)13-9-18-11-5-1-2-6-12(11)19-13/h1-2,5-6,10,13,15H,3-4,7-9H2,(H,16,17)/t10-,13?/m0/s1. The Morgan fingerprint density at radius 1 is 1.32 bits per heavy atom. The molecule has 19 heavy (non-hydrogen) atoms. The number of nitrogens with one attached hydrogen (secondary N) is 2. The van der Waals surface area contributed by atoms with E-state index in [1.54, 1.807) is 0 Å². The van der Waals surface area contributed by atoms with E-state index in [1.165, 1.54) is 0 Å². The molecule has 2 N–H and O–H groups in total. The molecule has 1 unspecified atom stereocenters. The van der Waals surface area contributed by atoms with Crippen molar-refractivity contribution in [2.75, 3.05) is 19.7 Å². The van der Waals surface area contributed by atoms with Crippen LogP contribution in [0, 0.1) is 0 Å². The third-order valence-electron chi connectivity index (χ3n) is 3.44. The first-order chi connectivity index (χ1) is 9.33. The van der Waals surface area contributed by atoms with Gasteiger partial charge in [0.15, 0.2) is 11.5 Å². The van der Waals surface area contributed by atoms with Crippen LogP contribution in [0.1, 0.15) is 12.8 Å². The first-order valence-electron chi connectivity index (χ1n) is 6.72. The van der Waals surface area contributed by atoms with Crippen LogP contribution in [0.15, 0.2) is 24.3 Å². The van der Waals surface area contributed by atoms with Crippen molar-refractivity contribution in [2.45, 2.75) is 25.0 Å². The molecule has 0 aromatic heterocycles. The Morgan fingerprint density at radius 3 is 2.95 bits per heavy atom. The second-order valence-electron chi connectivity index (χ2n) is 4.92. The number of carbonyl (C=O) groups excluding carboxylic acids is 1. The molecule has 2 heterocycles. The molecule has 102 valence electrons. The van der Waals surface area contributed by atoms with Gasteiger partial charge in [-0.05, 0) is 31.5 Å². The number of hydrogen-bond acceptors (Lipinski definition) is 4. The van der Waals surface area contributed by atoms with E-state index in [9.17, 15) is 4.79 Å². The Kier molecular flexibility index (Phi) is 3.55. The van der Waals surface area contributed by atoms with Gasteiger partial charge in [0.1, 0.15) is 6.61 Å². The normalized spacial score (nSPS) is 25.7. The molecule has 0 bridgehead atoms. The van der Waals surface area contributed by atoms with Crippen molar-refractivity contribution < 1.29 is 14.3 Å². The maximum absolute atomic E-state index is 12.1. The average Bonchev–Trinajstić information content (AvgIpc) is 2.48. The van der Waals surface area contributed by atoms with Crippen molar-refractivity contribution in [1.29, 1.82) is 0 Å². The van der Waals surface area contributed by atoms with E-state index >= 15 is 0 Å². The quantitative estimate of drug-likeness (QED) is 0.823. The molecule has 3 rings (SSSR count). The fourth-order valence-electron chi connectivity index (χ4n) is 2.42. The van der Waals surface area contributed by atoms with Crippen LogP contribution in [0.3, 0.4) is 0 Å². The summed E-state index contributed by atoms with van der Waals surface area (Å²) in [4.78, 5) is 12.1. The molecule has 0 aliphatic carbocycles. The number of fused-ring (bicyclic) bond motifs is 1. The summed E-state index contributed by atoms with van der Waals surface area (Å²) in [7, 11) is 0. The molecule has 5 nitrogen and oxygen atoms in total. The topological polar surface area (TPSA) is 59.6 Å². The summed E-state index contributed by atoms with van der Waals surface area (Å²) in [5, 5.41) is 6.28. The lowest BCUT2D eigenvalue weighted by atomic mass is 10.1.